The van der Waals surface area contributed by atoms with Crippen molar-refractivity contribution in [2.45, 2.75) is 153 Å². The van der Waals surface area contributed by atoms with Gasteiger partial charge in [-0.1, -0.05) is 111 Å². The number of rotatable bonds is 9. The normalized spacial score (nSPS) is 18.2. The van der Waals surface area contributed by atoms with Gasteiger partial charge in [-0.25, -0.2) is 9.59 Å². The van der Waals surface area contributed by atoms with Crippen molar-refractivity contribution in [1.82, 2.24) is 40.0 Å². The molecule has 0 saturated heterocycles. The summed E-state index contributed by atoms with van der Waals surface area (Å²) in [5, 5.41) is 35.0. The Morgan fingerprint density at radius 1 is 0.696 bits per heavy atom. The van der Waals surface area contributed by atoms with Gasteiger partial charge in [-0.05, 0) is 130 Å². The molecule has 79 heavy (non-hydrogen) atoms. The van der Waals surface area contributed by atoms with E-state index in [1.807, 2.05) is 92.0 Å². The van der Waals surface area contributed by atoms with E-state index in [4.69, 9.17) is 25.3 Å². The van der Waals surface area contributed by atoms with Gasteiger partial charge < -0.3 is 42.8 Å². The average molecular weight is 1600 g/mol. The van der Waals surface area contributed by atoms with Gasteiger partial charge in [-0.3, -0.25) is 14.0 Å². The summed E-state index contributed by atoms with van der Waals surface area (Å²) in [5.74, 6) is 1.41. The molecule has 7 atom stereocenters. The number of hydrogen-bond acceptors (Lipinski definition) is 10. The number of alkyl carbamates (subject to hydrolysis) is 2. The molecule has 6 N–H and O–H groups in total. The van der Waals surface area contributed by atoms with Crippen LogP contribution in [0.1, 0.15) is 136 Å². The zero-order valence-corrected chi connectivity index (χ0v) is 57.8. The van der Waals surface area contributed by atoms with E-state index < -0.39 is 18.3 Å². The number of aromatic nitrogens is 6. The second-order valence-corrected chi connectivity index (χ2v) is 36.0. The molecule has 3 aliphatic carbocycles. The number of carbonyl (C=O) groups excluding carboxylic acids is 2. The van der Waals surface area contributed by atoms with Crippen LogP contribution in [0.25, 0.3) is 22.3 Å². The predicted octanol–water partition coefficient (Wildman–Crippen LogP) is 13.4. The first kappa shape index (κ1) is 74.6. The standard InChI is InChI=1S/C18H23N3O2.C14H18INO2.C13H15N3.C4H7BN2O2.C4H9I.C3H7.CH4.ClH.2HI.V/c1-18(2,3)23-17(22)20-16-9-15(16)13-7-5-12(6-8-13)14-10-19-21(4)11-14;1-14(2,3)18-13(17)16-12-8-11(12)9-4-6-10(15)7-5-9;1-16-8-11(7-15-16)9-2-4-10(5-3-9)12-6-13(12)14;1-7-3-4(2-6-7)5(8)9;1-3-4(2)5;1-3-2;;;;;/h5-8,10-11,15-16H,9H2,1-4H3,(H,20,22);4-7,11-12H,8H2,1-3H3,(H,16,17);2-5,7-8,12-13H,6,14H2,1H3;2-3,8-9H,1H3;4H,3H2,1-2H3;1,3H2,2H3;1H4;3*1H;/q;;;;;-1;;;;;+2/p-2. The number of alkyl halides is 1. The van der Waals surface area contributed by atoms with E-state index in [2.05, 4.69) is 205 Å². The minimum absolute atomic E-state index is 0. The Balaban J connectivity index is 0.000000505. The van der Waals surface area contributed by atoms with Gasteiger partial charge in [0.15, 0.2) is 0 Å². The fourth-order valence-electron chi connectivity index (χ4n) is 7.23. The zero-order chi connectivity index (χ0) is 57.6. The number of amides is 2. The second-order valence-electron chi connectivity index (χ2n) is 20.9. The van der Waals surface area contributed by atoms with Crippen LogP contribution in [0.5, 0.6) is 0 Å². The van der Waals surface area contributed by atoms with Crippen molar-refractivity contribution in [1.29, 1.82) is 0 Å². The van der Waals surface area contributed by atoms with Gasteiger partial charge in [-0.2, -0.15) is 21.7 Å². The second kappa shape index (κ2) is 37.0. The third kappa shape index (κ3) is 30.1. The summed E-state index contributed by atoms with van der Waals surface area (Å²) in [6.07, 6.45) is 15.5. The van der Waals surface area contributed by atoms with Crippen molar-refractivity contribution in [3.8, 4) is 22.3 Å². The average Bonchev–Trinajstić information content (AvgIpc) is 4.29. The van der Waals surface area contributed by atoms with Gasteiger partial charge in [0.25, 0.3) is 0 Å². The Morgan fingerprint density at radius 3 is 1.27 bits per heavy atom. The molecule has 0 radical (unpaired) electrons. The number of benzene rings is 3. The Bertz CT molecular complexity index is 2650. The minimum atomic E-state index is -1.40. The van der Waals surface area contributed by atoms with Crippen LogP contribution in [0.2, 0.25) is 0 Å². The molecule has 22 heteroatoms. The molecule has 7 unspecified atom stereocenters. The van der Waals surface area contributed by atoms with Crippen molar-refractivity contribution in [3.05, 3.63) is 137 Å². The number of nitrogens with one attached hydrogen (secondary N) is 2. The van der Waals surface area contributed by atoms with Gasteiger partial charge in [0, 0.05) is 106 Å². The first-order valence-electron chi connectivity index (χ1n) is 25.6. The first-order valence-corrected chi connectivity index (χ1v) is 36.9. The molecule has 0 bridgehead atoms. The van der Waals surface area contributed by atoms with Crippen LogP contribution in [-0.4, -0.2) is 91.9 Å². The fourth-order valence-corrected chi connectivity index (χ4v) is 7.59. The molecule has 437 valence electrons. The van der Waals surface area contributed by atoms with Crippen LogP contribution in [0.15, 0.2) is 110 Å². The number of nitrogens with two attached hydrogens (primary N) is 1. The van der Waals surface area contributed by atoms with Crippen molar-refractivity contribution >= 4 is 122 Å². The van der Waals surface area contributed by atoms with E-state index in [0.717, 1.165) is 46.3 Å². The predicted molar refractivity (Wildman–Crippen MR) is 357 cm³/mol. The van der Waals surface area contributed by atoms with Crippen LogP contribution in [0, 0.1) is 10.5 Å². The zero-order valence-electron chi connectivity index (χ0n) is 46.9. The van der Waals surface area contributed by atoms with Crippen molar-refractivity contribution in [2.24, 2.45) is 26.9 Å². The number of nitrogens with zero attached hydrogens (tertiary/aromatic N) is 6. The SMILES string of the molecule is C.CC(C)(C)OC(=O)NC1CC1c1ccc(I)cc1.CCC(C)I.Cl.Cn1cc(-c2ccc(C3CC3N)cc2)cn1.Cn1cc(-c2ccc(C3CC3NC(=O)OC(C)(C)C)cc2)cn1.Cn1cc(B(O)O)cn1.[CH2-]CC.[I][V][I]. The first-order chi connectivity index (χ1) is 36.2. The Labute approximate surface area is 534 Å². The van der Waals surface area contributed by atoms with E-state index >= 15 is 0 Å². The molecule has 0 spiro atoms. The van der Waals surface area contributed by atoms with Gasteiger partial charge in [-0.15, -0.1) is 12.4 Å². The van der Waals surface area contributed by atoms with Crippen LogP contribution in [0.3, 0.4) is 0 Å². The maximum atomic E-state index is 11.8. The summed E-state index contributed by atoms with van der Waals surface area (Å²) >= 11 is 9.43. The summed E-state index contributed by atoms with van der Waals surface area (Å²) in [7, 11) is 4.78. The van der Waals surface area contributed by atoms with Crippen LogP contribution >= 0.6 is 97.5 Å². The number of ether oxygens (including phenoxy) is 2. The fraction of sp³-hybridized carbons (Fsp3) is 0.474. The maximum absolute atomic E-state index is 11.8. The Hall–Kier alpha value is -2.43. The number of aryl methyl sites for hydroxylation is 3. The van der Waals surface area contributed by atoms with E-state index in [-0.39, 0.29) is 44.1 Å². The monoisotopic (exact) mass is 1600 g/mol. The van der Waals surface area contributed by atoms with E-state index in [1.165, 1.54) is 43.1 Å². The van der Waals surface area contributed by atoms with Gasteiger partial charge >= 0.3 is 68.7 Å². The summed E-state index contributed by atoms with van der Waals surface area (Å²) < 4.78 is 17.7. The molecule has 6 aromatic rings. The number of carbonyl (C=O) groups is 2. The molecular weight excluding hydrogens is 1510 g/mol. The molecule has 3 heterocycles. The van der Waals surface area contributed by atoms with Crippen molar-refractivity contribution < 1.29 is 38.6 Å². The Morgan fingerprint density at radius 2 is 1.01 bits per heavy atom. The third-order valence-electron chi connectivity index (χ3n) is 11.5. The molecule has 3 aromatic carbocycles. The summed E-state index contributed by atoms with van der Waals surface area (Å²) in [6.45, 7) is 21.1. The van der Waals surface area contributed by atoms with Crippen LogP contribution in [-0.2, 0) is 40.1 Å². The molecule has 3 aliphatic rings. The molecular formula is C57H84BClI4N9O6V-. The number of hydrogen-bond donors (Lipinski definition) is 5. The van der Waals surface area contributed by atoms with Crippen LogP contribution in [0.4, 0.5) is 9.59 Å². The molecule has 3 fully saturated rings. The topological polar surface area (TPSA) is 197 Å². The summed E-state index contributed by atoms with van der Waals surface area (Å²) in [6, 6.07) is 26.4. The molecule has 3 saturated carbocycles. The molecule has 2 amide bonds. The summed E-state index contributed by atoms with van der Waals surface area (Å²) in [5.41, 5.74) is 13.9. The van der Waals surface area contributed by atoms with Gasteiger partial charge in [0.05, 0.1) is 12.4 Å². The molecule has 0 aliphatic heterocycles. The molecule has 15 nitrogen and oxygen atoms in total. The Kier molecular flexibility index (Phi) is 34.9. The van der Waals surface area contributed by atoms with Gasteiger partial charge in [0.1, 0.15) is 11.2 Å². The third-order valence-corrected chi connectivity index (χ3v) is 13.1. The molecule has 9 rings (SSSR count). The molecule has 3 aromatic heterocycles. The van der Waals surface area contributed by atoms with E-state index in [0.29, 0.717) is 38.7 Å². The summed E-state index contributed by atoms with van der Waals surface area (Å²) in [4.78, 5) is 23.4. The van der Waals surface area contributed by atoms with Crippen LogP contribution < -0.4 is 21.8 Å². The van der Waals surface area contributed by atoms with Crippen molar-refractivity contribution in [3.63, 3.8) is 0 Å². The number of halogens is 5. The quantitative estimate of drug-likeness (QED) is 0.0402. The van der Waals surface area contributed by atoms with Crippen molar-refractivity contribution in [2.75, 3.05) is 0 Å². The van der Waals surface area contributed by atoms with E-state index in [1.54, 1.807) is 17.9 Å². The van der Waals surface area contributed by atoms with Gasteiger partial charge in [0.2, 0.25) is 0 Å². The van der Waals surface area contributed by atoms with E-state index in [9.17, 15) is 9.59 Å².